The third-order valence-electron chi connectivity index (χ3n) is 8.71. The van der Waals surface area contributed by atoms with E-state index in [1.165, 1.54) is 23.6 Å². The van der Waals surface area contributed by atoms with E-state index in [9.17, 15) is 18.8 Å². The maximum absolute atomic E-state index is 15.9. The molecule has 2 aliphatic heterocycles. The number of carbonyl (C=O) groups excluding carboxylic acids is 2. The summed E-state index contributed by atoms with van der Waals surface area (Å²) in [5, 5.41) is 1.94. The molecule has 0 saturated carbocycles. The smallest absolute Gasteiger partial charge is 0.451 e. The van der Waals surface area contributed by atoms with Gasteiger partial charge in [0.1, 0.15) is 6.17 Å². The Kier molecular flexibility index (Phi) is 6.88. The minimum absolute atomic E-state index is 0.0384. The van der Waals surface area contributed by atoms with Gasteiger partial charge in [-0.2, -0.15) is 0 Å². The fraction of sp³-hybridized carbons (Fsp3) is 0.312. The van der Waals surface area contributed by atoms with Crippen molar-refractivity contribution in [2.45, 2.75) is 38.9 Å². The number of halogens is 2. The lowest BCUT2D eigenvalue weighted by molar-refractivity contribution is 0.0104. The van der Waals surface area contributed by atoms with Crippen molar-refractivity contribution >= 4 is 23.4 Å². The van der Waals surface area contributed by atoms with Gasteiger partial charge in [-0.05, 0) is 41.0 Å². The standard InChI is InChI=1S/C32H28F2N4O6S/c1-32(2)11-13-36-22(14-32)38(37-12-10-21(39)28(27(37)30(36)40)43-16-44-31(41)42-3)26-17-6-4-5-7-18(17)29-25(35-15-45-29)23-19(26)8-9-20(33)24(23)34/h4-10,12,15,22,26H,11,13-14,16H2,1-3H3. The van der Waals surface area contributed by atoms with Gasteiger partial charge in [-0.1, -0.05) is 44.2 Å². The molecule has 2 aromatic carbocycles. The van der Waals surface area contributed by atoms with Crippen LogP contribution in [0.2, 0.25) is 0 Å². The van der Waals surface area contributed by atoms with Gasteiger partial charge in [-0.15, -0.1) is 11.3 Å². The van der Waals surface area contributed by atoms with Crippen LogP contribution in [0.4, 0.5) is 13.6 Å². The van der Waals surface area contributed by atoms with Crippen LogP contribution in [0.15, 0.2) is 59.0 Å². The summed E-state index contributed by atoms with van der Waals surface area (Å²) in [6.07, 6.45) is 1.17. The number of hydrogen-bond acceptors (Lipinski definition) is 9. The number of benzene rings is 2. The van der Waals surface area contributed by atoms with Crippen LogP contribution >= 0.6 is 11.3 Å². The van der Waals surface area contributed by atoms with E-state index in [2.05, 4.69) is 23.6 Å². The minimum Gasteiger partial charge on any atom is -0.451 e. The highest BCUT2D eigenvalue weighted by molar-refractivity contribution is 7.13. The molecule has 1 aliphatic carbocycles. The maximum atomic E-state index is 15.9. The molecule has 13 heteroatoms. The number of rotatable bonds is 4. The van der Waals surface area contributed by atoms with Crippen molar-refractivity contribution in [3.8, 4) is 27.4 Å². The number of pyridine rings is 1. The van der Waals surface area contributed by atoms with Crippen LogP contribution in [0.5, 0.6) is 5.75 Å². The number of fused-ring (bicyclic) bond motifs is 7. The molecule has 0 spiro atoms. The third-order valence-corrected chi connectivity index (χ3v) is 9.57. The summed E-state index contributed by atoms with van der Waals surface area (Å²) in [4.78, 5) is 45.9. The molecule has 1 saturated heterocycles. The number of hydrogen-bond donors (Lipinski definition) is 0. The van der Waals surface area contributed by atoms with Gasteiger partial charge < -0.3 is 19.1 Å². The van der Waals surface area contributed by atoms with Gasteiger partial charge >= 0.3 is 6.16 Å². The lowest BCUT2D eigenvalue weighted by Gasteiger charge is -2.54. The number of carbonyl (C=O) groups is 2. The number of methoxy groups -OCH3 is 1. The molecule has 0 N–H and O–H groups in total. The second-order valence-corrected chi connectivity index (χ2v) is 12.7. The monoisotopic (exact) mass is 634 g/mol. The zero-order valence-corrected chi connectivity index (χ0v) is 25.4. The summed E-state index contributed by atoms with van der Waals surface area (Å²) in [6, 6.07) is 10.8. The van der Waals surface area contributed by atoms with E-state index < -0.39 is 48.1 Å². The Hall–Kier alpha value is -4.78. The van der Waals surface area contributed by atoms with Gasteiger partial charge in [0.05, 0.1) is 29.2 Å². The fourth-order valence-electron chi connectivity index (χ4n) is 6.60. The van der Waals surface area contributed by atoms with E-state index in [4.69, 9.17) is 9.47 Å². The van der Waals surface area contributed by atoms with E-state index in [1.54, 1.807) is 21.2 Å². The van der Waals surface area contributed by atoms with Gasteiger partial charge in [-0.25, -0.2) is 18.6 Å². The number of aromatic nitrogens is 2. The van der Waals surface area contributed by atoms with Gasteiger partial charge in [-0.3, -0.25) is 19.3 Å². The maximum Gasteiger partial charge on any atom is 0.510 e. The number of piperidine rings is 1. The number of thiazole rings is 1. The molecule has 1 fully saturated rings. The molecule has 2 aromatic heterocycles. The average Bonchev–Trinajstić information content (AvgIpc) is 3.46. The van der Waals surface area contributed by atoms with Crippen LogP contribution < -0.4 is 15.2 Å². The molecule has 0 bridgehead atoms. The molecule has 232 valence electrons. The van der Waals surface area contributed by atoms with Crippen LogP contribution in [0.3, 0.4) is 0 Å². The number of nitrogens with zero attached hydrogens (tertiary/aromatic N) is 4. The average molecular weight is 635 g/mol. The van der Waals surface area contributed by atoms with Crippen molar-refractivity contribution in [2.24, 2.45) is 5.41 Å². The fourth-order valence-corrected chi connectivity index (χ4v) is 7.45. The zero-order chi connectivity index (χ0) is 31.6. The first kappa shape index (κ1) is 29.0. The van der Waals surface area contributed by atoms with Gasteiger partial charge in [0, 0.05) is 24.4 Å². The van der Waals surface area contributed by atoms with Crippen molar-refractivity contribution < 1.29 is 32.6 Å². The van der Waals surface area contributed by atoms with Gasteiger partial charge in [0.2, 0.25) is 18.0 Å². The summed E-state index contributed by atoms with van der Waals surface area (Å²) in [5.41, 5.74) is 3.16. The van der Waals surface area contributed by atoms with Crippen LogP contribution in [-0.2, 0) is 9.47 Å². The predicted molar refractivity (Wildman–Crippen MR) is 160 cm³/mol. The first-order chi connectivity index (χ1) is 21.6. The summed E-state index contributed by atoms with van der Waals surface area (Å²) < 4.78 is 47.4. The van der Waals surface area contributed by atoms with E-state index in [-0.39, 0.29) is 22.4 Å². The summed E-state index contributed by atoms with van der Waals surface area (Å²) in [7, 11) is 1.13. The Labute approximate surface area is 260 Å². The van der Waals surface area contributed by atoms with Crippen LogP contribution in [0, 0.1) is 17.0 Å². The lowest BCUT2D eigenvalue weighted by Crippen LogP contribution is -2.65. The Morgan fingerprint density at radius 3 is 2.71 bits per heavy atom. The molecule has 3 aliphatic rings. The number of ether oxygens (including phenoxy) is 3. The highest BCUT2D eigenvalue weighted by atomic mass is 32.1. The Morgan fingerprint density at radius 2 is 1.91 bits per heavy atom. The topological polar surface area (TPSA) is 103 Å². The van der Waals surface area contributed by atoms with Crippen LogP contribution in [0.25, 0.3) is 21.7 Å². The van der Waals surface area contributed by atoms with E-state index in [0.29, 0.717) is 35.5 Å². The Morgan fingerprint density at radius 1 is 1.11 bits per heavy atom. The molecular formula is C32H28F2N4O6S. The van der Waals surface area contributed by atoms with Gasteiger partial charge in [0.25, 0.3) is 5.91 Å². The Bertz CT molecular complexity index is 1920. The first-order valence-electron chi connectivity index (χ1n) is 14.3. The first-order valence-corrected chi connectivity index (χ1v) is 15.2. The molecule has 10 nitrogen and oxygen atoms in total. The SMILES string of the molecule is COC(=O)OCOc1c2n(ccc1=O)N(C1c3ccccc3-c3scnc3-c3c1ccc(F)c3F)C1CC(C)(C)CCN1C2=O. The van der Waals surface area contributed by atoms with Crippen molar-refractivity contribution in [3.63, 3.8) is 0 Å². The highest BCUT2D eigenvalue weighted by Gasteiger charge is 2.49. The molecule has 45 heavy (non-hydrogen) atoms. The predicted octanol–water partition coefficient (Wildman–Crippen LogP) is 5.68. The molecule has 4 heterocycles. The normalized spacial score (nSPS) is 19.4. The van der Waals surface area contributed by atoms with E-state index in [1.807, 2.05) is 29.3 Å². The van der Waals surface area contributed by atoms with E-state index >= 15 is 4.39 Å². The van der Waals surface area contributed by atoms with Crippen molar-refractivity contribution in [1.82, 2.24) is 14.6 Å². The summed E-state index contributed by atoms with van der Waals surface area (Å²) >= 11 is 1.33. The summed E-state index contributed by atoms with van der Waals surface area (Å²) in [5.74, 6) is -2.77. The van der Waals surface area contributed by atoms with Crippen molar-refractivity contribution in [3.05, 3.63) is 92.9 Å². The number of amides is 1. The van der Waals surface area contributed by atoms with Crippen molar-refractivity contribution in [2.75, 3.05) is 25.5 Å². The van der Waals surface area contributed by atoms with E-state index in [0.717, 1.165) is 24.3 Å². The second-order valence-electron chi connectivity index (χ2n) is 11.9. The largest absolute Gasteiger partial charge is 0.510 e. The molecule has 0 radical (unpaired) electrons. The zero-order valence-electron chi connectivity index (χ0n) is 24.6. The molecular weight excluding hydrogens is 606 g/mol. The van der Waals surface area contributed by atoms with Crippen molar-refractivity contribution in [1.29, 1.82) is 0 Å². The summed E-state index contributed by atoms with van der Waals surface area (Å²) in [6.45, 7) is 3.95. The van der Waals surface area contributed by atoms with Gasteiger partial charge in [0.15, 0.2) is 17.3 Å². The molecule has 7 rings (SSSR count). The highest BCUT2D eigenvalue weighted by Crippen LogP contribution is 2.51. The Balaban J connectivity index is 1.51. The molecule has 2 atom stereocenters. The van der Waals surface area contributed by atoms with Crippen LogP contribution in [-0.4, -0.2) is 53.2 Å². The molecule has 1 amide bonds. The molecule has 4 aromatic rings. The quantitative estimate of drug-likeness (QED) is 0.209. The van der Waals surface area contributed by atoms with Crippen LogP contribution in [0.1, 0.15) is 54.3 Å². The third kappa shape index (κ3) is 4.55. The molecule has 2 unspecified atom stereocenters. The lowest BCUT2D eigenvalue weighted by atomic mass is 9.79. The minimum atomic E-state index is -1.02. The second kappa shape index (κ2) is 10.7.